The van der Waals surface area contributed by atoms with Crippen LogP contribution in [-0.2, 0) is 27.2 Å². The second-order valence-electron chi connectivity index (χ2n) is 8.24. The summed E-state index contributed by atoms with van der Waals surface area (Å²) < 4.78 is 10.0. The lowest BCUT2D eigenvalue weighted by Gasteiger charge is -2.24. The van der Waals surface area contributed by atoms with E-state index < -0.39 is 35.9 Å². The van der Waals surface area contributed by atoms with Crippen molar-refractivity contribution in [2.24, 2.45) is 0 Å². The number of nitrogens with zero attached hydrogens (tertiary/aromatic N) is 2. The Labute approximate surface area is 217 Å². The largest absolute Gasteiger partial charge is 0.496 e. The van der Waals surface area contributed by atoms with Crippen LogP contribution in [0.4, 0.5) is 9.93 Å². The number of carbonyl (C=O) groups is 4. The van der Waals surface area contributed by atoms with Gasteiger partial charge in [-0.1, -0.05) is 43.3 Å². The second-order valence-corrected chi connectivity index (χ2v) is 9.10. The van der Waals surface area contributed by atoms with Gasteiger partial charge in [0, 0.05) is 11.8 Å². The highest BCUT2D eigenvalue weighted by molar-refractivity contribution is 7.14. The SMILES string of the molecule is CCc1cc(C2NC(=O)N([C@@H](Cc3ccccc3)C(=O)Nc3nc(C(=O)OC)cs3)C2=O)ccc1OC. The number of aryl methyl sites for hydroxylation is 1. The molecule has 10 nitrogen and oxygen atoms in total. The number of nitrogens with one attached hydrogen (secondary N) is 2. The Morgan fingerprint density at radius 3 is 2.59 bits per heavy atom. The Morgan fingerprint density at radius 2 is 1.92 bits per heavy atom. The minimum atomic E-state index is -1.16. The van der Waals surface area contributed by atoms with Crippen LogP contribution < -0.4 is 15.4 Å². The van der Waals surface area contributed by atoms with Crippen LogP contribution in [0.2, 0.25) is 0 Å². The van der Waals surface area contributed by atoms with Gasteiger partial charge in [0.05, 0.1) is 14.2 Å². The lowest BCUT2D eigenvalue weighted by atomic mass is 10.0. The van der Waals surface area contributed by atoms with Gasteiger partial charge in [-0.25, -0.2) is 19.5 Å². The molecule has 0 spiro atoms. The summed E-state index contributed by atoms with van der Waals surface area (Å²) in [6, 6.07) is 11.6. The molecule has 1 aromatic heterocycles. The molecule has 1 saturated heterocycles. The molecule has 0 radical (unpaired) electrons. The normalized spacial score (nSPS) is 15.8. The molecular weight excluding hydrogens is 496 g/mol. The lowest BCUT2D eigenvalue weighted by molar-refractivity contribution is -0.134. The smallest absolute Gasteiger partial charge is 0.357 e. The number of imide groups is 1. The maximum Gasteiger partial charge on any atom is 0.357 e. The minimum absolute atomic E-state index is 0.0451. The van der Waals surface area contributed by atoms with E-state index >= 15 is 0 Å². The average molecular weight is 523 g/mol. The number of anilines is 1. The molecule has 0 saturated carbocycles. The third kappa shape index (κ3) is 5.46. The van der Waals surface area contributed by atoms with E-state index in [4.69, 9.17) is 4.74 Å². The number of amides is 4. The molecule has 11 heteroatoms. The van der Waals surface area contributed by atoms with Gasteiger partial charge >= 0.3 is 12.0 Å². The van der Waals surface area contributed by atoms with E-state index in [1.807, 2.05) is 43.3 Å². The molecule has 1 aliphatic rings. The molecular formula is C26H26N4O6S. The van der Waals surface area contributed by atoms with Crippen LogP contribution in [0, 0.1) is 0 Å². The van der Waals surface area contributed by atoms with Crippen LogP contribution in [0.15, 0.2) is 53.9 Å². The highest BCUT2D eigenvalue weighted by Crippen LogP contribution is 2.29. The highest BCUT2D eigenvalue weighted by Gasteiger charge is 2.45. The number of rotatable bonds is 9. The molecule has 1 unspecified atom stereocenters. The summed E-state index contributed by atoms with van der Waals surface area (Å²) in [5, 5.41) is 6.95. The van der Waals surface area contributed by atoms with Gasteiger partial charge in [0.2, 0.25) is 5.91 Å². The zero-order valence-electron chi connectivity index (χ0n) is 20.5. The molecule has 1 aliphatic heterocycles. The Morgan fingerprint density at radius 1 is 1.16 bits per heavy atom. The summed E-state index contributed by atoms with van der Waals surface area (Å²) in [4.78, 5) is 56.8. The molecule has 1 fully saturated rings. The van der Waals surface area contributed by atoms with E-state index in [1.54, 1.807) is 19.2 Å². The van der Waals surface area contributed by atoms with Crippen LogP contribution in [0.3, 0.4) is 0 Å². The average Bonchev–Trinajstić information content (AvgIpc) is 3.50. The Bertz CT molecular complexity index is 1330. The monoisotopic (exact) mass is 522 g/mol. The van der Waals surface area contributed by atoms with Crippen molar-refractivity contribution in [2.45, 2.75) is 31.8 Å². The molecule has 4 amide bonds. The fourth-order valence-corrected chi connectivity index (χ4v) is 4.81. The first-order chi connectivity index (χ1) is 17.9. The summed E-state index contributed by atoms with van der Waals surface area (Å²) in [7, 11) is 2.80. The van der Waals surface area contributed by atoms with Gasteiger partial charge in [-0.05, 0) is 35.2 Å². The molecule has 2 atom stereocenters. The van der Waals surface area contributed by atoms with Crippen LogP contribution in [0.25, 0.3) is 0 Å². The number of benzene rings is 2. The number of urea groups is 1. The first-order valence-corrected chi connectivity index (χ1v) is 12.4. The van der Waals surface area contributed by atoms with Crippen LogP contribution in [0.1, 0.15) is 40.1 Å². The topological polar surface area (TPSA) is 127 Å². The summed E-state index contributed by atoms with van der Waals surface area (Å²) in [5.41, 5.74) is 2.30. The fraction of sp³-hybridized carbons (Fsp3) is 0.269. The van der Waals surface area contributed by atoms with Gasteiger partial charge in [0.15, 0.2) is 10.8 Å². The predicted octanol–water partition coefficient (Wildman–Crippen LogP) is 3.34. The summed E-state index contributed by atoms with van der Waals surface area (Å²) in [5.74, 6) is -1.10. The van der Waals surface area contributed by atoms with Gasteiger partial charge < -0.3 is 20.1 Å². The van der Waals surface area contributed by atoms with Crippen molar-refractivity contribution in [1.29, 1.82) is 0 Å². The molecule has 2 aromatic carbocycles. The number of carbonyl (C=O) groups excluding carboxylic acids is 4. The zero-order valence-corrected chi connectivity index (χ0v) is 21.3. The number of hydrogen-bond donors (Lipinski definition) is 2. The van der Waals surface area contributed by atoms with E-state index in [2.05, 4.69) is 20.4 Å². The van der Waals surface area contributed by atoms with E-state index in [-0.39, 0.29) is 17.2 Å². The summed E-state index contributed by atoms with van der Waals surface area (Å²) in [6.45, 7) is 1.97. The van der Waals surface area contributed by atoms with Gasteiger partial charge in [-0.15, -0.1) is 11.3 Å². The van der Waals surface area contributed by atoms with Crippen LogP contribution in [-0.4, -0.2) is 54.0 Å². The van der Waals surface area contributed by atoms with Gasteiger partial charge in [0.25, 0.3) is 5.91 Å². The molecule has 3 aromatic rings. The third-order valence-electron chi connectivity index (χ3n) is 6.00. The number of methoxy groups -OCH3 is 2. The third-order valence-corrected chi connectivity index (χ3v) is 6.76. The minimum Gasteiger partial charge on any atom is -0.496 e. The van der Waals surface area contributed by atoms with Gasteiger partial charge in [0.1, 0.15) is 17.8 Å². The van der Waals surface area contributed by atoms with Crippen LogP contribution in [0.5, 0.6) is 5.75 Å². The Balaban J connectivity index is 1.63. The molecule has 0 aliphatic carbocycles. The highest BCUT2D eigenvalue weighted by atomic mass is 32.1. The molecule has 2 N–H and O–H groups in total. The van der Waals surface area contributed by atoms with E-state index in [0.717, 1.165) is 27.4 Å². The predicted molar refractivity (Wildman–Crippen MR) is 137 cm³/mol. The molecule has 2 heterocycles. The van der Waals surface area contributed by atoms with Crippen LogP contribution >= 0.6 is 11.3 Å². The second kappa shape index (κ2) is 11.2. The zero-order chi connectivity index (χ0) is 26.5. The van der Waals surface area contributed by atoms with Crippen molar-refractivity contribution >= 4 is 40.3 Å². The van der Waals surface area contributed by atoms with Crippen molar-refractivity contribution in [1.82, 2.24) is 15.2 Å². The number of ether oxygens (including phenoxy) is 2. The first-order valence-electron chi connectivity index (χ1n) is 11.5. The molecule has 0 bridgehead atoms. The first kappa shape index (κ1) is 25.8. The number of aromatic nitrogens is 1. The lowest BCUT2D eigenvalue weighted by Crippen LogP contribution is -2.49. The summed E-state index contributed by atoms with van der Waals surface area (Å²) >= 11 is 1.03. The van der Waals surface area contributed by atoms with Crippen molar-refractivity contribution in [2.75, 3.05) is 19.5 Å². The van der Waals surface area contributed by atoms with E-state index in [0.29, 0.717) is 17.7 Å². The Kier molecular flexibility index (Phi) is 7.83. The van der Waals surface area contributed by atoms with Crippen molar-refractivity contribution in [3.8, 4) is 5.75 Å². The van der Waals surface area contributed by atoms with Gasteiger partial charge in [-0.2, -0.15) is 0 Å². The van der Waals surface area contributed by atoms with E-state index in [1.165, 1.54) is 12.5 Å². The summed E-state index contributed by atoms with van der Waals surface area (Å²) in [6.07, 6.45) is 0.770. The maximum absolute atomic E-state index is 13.5. The Hall–Kier alpha value is -4.25. The molecule has 192 valence electrons. The maximum atomic E-state index is 13.5. The number of thiazole rings is 1. The van der Waals surface area contributed by atoms with Crippen molar-refractivity contribution in [3.05, 3.63) is 76.3 Å². The van der Waals surface area contributed by atoms with Crippen molar-refractivity contribution in [3.63, 3.8) is 0 Å². The fourth-order valence-electron chi connectivity index (χ4n) is 4.13. The molecule has 4 rings (SSSR count). The standard InChI is InChI=1S/C26H26N4O6S/c1-4-16-13-17(10-11-20(16)35-2)21-23(32)30(26(34)28-21)19(12-15-8-6-5-7-9-15)22(31)29-25-27-18(14-37-25)24(33)36-3/h5-11,13-14,19,21H,4,12H2,1-3H3,(H,28,34)(H,27,29,31)/t19-,21?/m0/s1. The number of esters is 1. The van der Waals surface area contributed by atoms with E-state index in [9.17, 15) is 19.2 Å². The van der Waals surface area contributed by atoms with Gasteiger partial charge in [-0.3, -0.25) is 9.59 Å². The molecule has 37 heavy (non-hydrogen) atoms. The number of hydrogen-bond acceptors (Lipinski definition) is 8. The van der Waals surface area contributed by atoms with Crippen molar-refractivity contribution < 1.29 is 28.7 Å². The quantitative estimate of drug-likeness (QED) is 0.326.